The van der Waals surface area contributed by atoms with Crippen LogP contribution in [0.3, 0.4) is 0 Å². The molecule has 2 aliphatic heterocycles. The molecule has 5 rings (SSSR count). The Labute approximate surface area is 236 Å². The fourth-order valence-corrected chi connectivity index (χ4v) is 7.19. The Kier molecular flexibility index (Phi) is 8.85. The highest BCUT2D eigenvalue weighted by Crippen LogP contribution is 2.53. The van der Waals surface area contributed by atoms with Crippen LogP contribution in [0.5, 0.6) is 17.2 Å². The Morgan fingerprint density at radius 2 is 1.85 bits per heavy atom. The smallest absolute Gasteiger partial charge is 0.220 e. The molecule has 0 aromatic heterocycles. The van der Waals surface area contributed by atoms with Crippen molar-refractivity contribution in [1.82, 2.24) is 10.2 Å². The maximum atomic E-state index is 14.0. The standard InChI is InChI=1S/C30H39FN2O6S/c1-37-24-7-9-25(10-8-24)40(35,36)18-4-2-3-5-29(34)32-28(21-33-15-12-23(31)20-33)30(13-14-30)22-6-11-26-27(19-22)39-17-16-38-26/h6-11,19,23,28H,2-5,12-18,20-21H2,1H3,(H,32,34)/t23-,28?/m1/s1. The molecule has 8 nitrogen and oxygen atoms in total. The molecule has 1 saturated heterocycles. The summed E-state index contributed by atoms with van der Waals surface area (Å²) in [5.74, 6) is 2.06. The highest BCUT2D eigenvalue weighted by Gasteiger charge is 2.52. The van der Waals surface area contributed by atoms with Gasteiger partial charge in [-0.3, -0.25) is 9.69 Å². The number of unbranched alkanes of at least 4 members (excludes halogenated alkanes) is 2. The summed E-state index contributed by atoms with van der Waals surface area (Å²) >= 11 is 0. The summed E-state index contributed by atoms with van der Waals surface area (Å²) in [5.41, 5.74) is 0.897. The molecule has 0 bridgehead atoms. The second kappa shape index (κ2) is 12.3. The van der Waals surface area contributed by atoms with E-state index in [1.54, 1.807) is 24.3 Å². The minimum absolute atomic E-state index is 0.0379. The van der Waals surface area contributed by atoms with Gasteiger partial charge in [0.15, 0.2) is 21.3 Å². The minimum atomic E-state index is -3.38. The summed E-state index contributed by atoms with van der Waals surface area (Å²) in [7, 11) is -1.84. The van der Waals surface area contributed by atoms with Crippen LogP contribution in [-0.4, -0.2) is 77.1 Å². The minimum Gasteiger partial charge on any atom is -0.497 e. The average Bonchev–Trinajstić information content (AvgIpc) is 3.67. The van der Waals surface area contributed by atoms with Gasteiger partial charge < -0.3 is 19.5 Å². The molecule has 0 spiro atoms. The van der Waals surface area contributed by atoms with E-state index in [0.717, 1.165) is 29.9 Å². The predicted molar refractivity (Wildman–Crippen MR) is 150 cm³/mol. The number of rotatable bonds is 13. The van der Waals surface area contributed by atoms with Crippen LogP contribution in [0.15, 0.2) is 47.4 Å². The van der Waals surface area contributed by atoms with E-state index in [-0.39, 0.29) is 28.0 Å². The molecule has 2 heterocycles. The van der Waals surface area contributed by atoms with Gasteiger partial charge in [-0.1, -0.05) is 12.5 Å². The lowest BCUT2D eigenvalue weighted by molar-refractivity contribution is -0.122. The number of sulfone groups is 1. The van der Waals surface area contributed by atoms with E-state index >= 15 is 0 Å². The van der Waals surface area contributed by atoms with Crippen LogP contribution in [0.4, 0.5) is 4.39 Å². The molecule has 1 amide bonds. The van der Waals surface area contributed by atoms with Crippen molar-refractivity contribution in [2.24, 2.45) is 0 Å². The zero-order valence-corrected chi connectivity index (χ0v) is 23.9. The molecule has 1 saturated carbocycles. The number of amides is 1. The number of alkyl halides is 1. The van der Waals surface area contributed by atoms with Gasteiger partial charge in [-0.05, 0) is 74.1 Å². The van der Waals surface area contributed by atoms with Crippen LogP contribution < -0.4 is 19.5 Å². The number of methoxy groups -OCH3 is 1. The summed E-state index contributed by atoms with van der Waals surface area (Å²) < 4.78 is 55.8. The fraction of sp³-hybridized carbons (Fsp3) is 0.567. The summed E-state index contributed by atoms with van der Waals surface area (Å²) in [6, 6.07) is 12.3. The number of nitrogens with one attached hydrogen (secondary N) is 1. The molecule has 1 aliphatic carbocycles. The topological polar surface area (TPSA) is 94.2 Å². The van der Waals surface area contributed by atoms with E-state index in [1.165, 1.54) is 7.11 Å². The maximum absolute atomic E-state index is 14.0. The van der Waals surface area contributed by atoms with Crippen molar-refractivity contribution in [2.45, 2.75) is 67.5 Å². The molecule has 40 heavy (non-hydrogen) atoms. The number of likely N-dealkylation sites (tertiary alicyclic amines) is 1. The number of halogens is 1. The van der Waals surface area contributed by atoms with Gasteiger partial charge in [-0.15, -0.1) is 0 Å². The highest BCUT2D eigenvalue weighted by atomic mass is 32.2. The average molecular weight is 575 g/mol. The maximum Gasteiger partial charge on any atom is 0.220 e. The van der Waals surface area contributed by atoms with Crippen molar-refractivity contribution in [2.75, 3.05) is 45.7 Å². The summed E-state index contributed by atoms with van der Waals surface area (Å²) in [6.45, 7) is 2.72. The van der Waals surface area contributed by atoms with E-state index in [4.69, 9.17) is 14.2 Å². The Morgan fingerprint density at radius 1 is 1.10 bits per heavy atom. The van der Waals surface area contributed by atoms with E-state index in [2.05, 4.69) is 16.3 Å². The van der Waals surface area contributed by atoms with Crippen LogP contribution in [0, 0.1) is 0 Å². The third-order valence-corrected chi connectivity index (χ3v) is 10.1. The lowest BCUT2D eigenvalue weighted by Crippen LogP contribution is -2.50. The zero-order valence-electron chi connectivity index (χ0n) is 23.1. The van der Waals surface area contributed by atoms with Crippen molar-refractivity contribution in [1.29, 1.82) is 0 Å². The molecule has 2 aromatic carbocycles. The van der Waals surface area contributed by atoms with Gasteiger partial charge in [0.25, 0.3) is 0 Å². The van der Waals surface area contributed by atoms with E-state index in [0.29, 0.717) is 70.7 Å². The van der Waals surface area contributed by atoms with Crippen molar-refractivity contribution >= 4 is 15.7 Å². The first kappa shape index (κ1) is 28.7. The molecule has 1 N–H and O–H groups in total. The van der Waals surface area contributed by atoms with Crippen molar-refractivity contribution in [3.8, 4) is 17.2 Å². The van der Waals surface area contributed by atoms with Gasteiger partial charge in [0.2, 0.25) is 5.91 Å². The number of ether oxygens (including phenoxy) is 3. The SMILES string of the molecule is COc1ccc(S(=O)(=O)CCCCCC(=O)NC(CN2CC[C@@H](F)C2)C2(c3ccc4c(c3)OCCO4)CC2)cc1. The molecule has 1 unspecified atom stereocenters. The number of benzene rings is 2. The normalized spacial score (nSPS) is 20.6. The molecular weight excluding hydrogens is 535 g/mol. The molecule has 218 valence electrons. The Morgan fingerprint density at radius 3 is 2.52 bits per heavy atom. The van der Waals surface area contributed by atoms with Crippen molar-refractivity contribution in [3.05, 3.63) is 48.0 Å². The number of hydrogen-bond acceptors (Lipinski definition) is 7. The summed E-state index contributed by atoms with van der Waals surface area (Å²) in [5, 5.41) is 3.28. The van der Waals surface area contributed by atoms with Gasteiger partial charge in [0, 0.05) is 31.5 Å². The largest absolute Gasteiger partial charge is 0.497 e. The number of carbonyl (C=O) groups is 1. The van der Waals surface area contributed by atoms with Crippen LogP contribution in [-0.2, 0) is 20.0 Å². The molecule has 2 atom stereocenters. The van der Waals surface area contributed by atoms with Gasteiger partial charge in [0.1, 0.15) is 25.1 Å². The number of fused-ring (bicyclic) bond motifs is 1. The predicted octanol–water partition coefficient (Wildman–Crippen LogP) is 4.06. The van der Waals surface area contributed by atoms with E-state index < -0.39 is 16.0 Å². The third kappa shape index (κ3) is 6.71. The Balaban J connectivity index is 1.16. The molecule has 10 heteroatoms. The summed E-state index contributed by atoms with van der Waals surface area (Å²) in [4.78, 5) is 15.5. The Bertz CT molecular complexity index is 1280. The monoisotopic (exact) mass is 574 g/mol. The first-order valence-electron chi connectivity index (χ1n) is 14.2. The van der Waals surface area contributed by atoms with Gasteiger partial charge >= 0.3 is 0 Å². The highest BCUT2D eigenvalue weighted by molar-refractivity contribution is 7.91. The van der Waals surface area contributed by atoms with Crippen LogP contribution in [0.25, 0.3) is 0 Å². The van der Waals surface area contributed by atoms with Crippen LogP contribution in [0.2, 0.25) is 0 Å². The van der Waals surface area contributed by atoms with Crippen LogP contribution in [0.1, 0.15) is 50.5 Å². The Hall–Kier alpha value is -2.85. The number of nitrogens with zero attached hydrogens (tertiary/aromatic N) is 1. The lowest BCUT2D eigenvalue weighted by Gasteiger charge is -2.32. The number of carbonyl (C=O) groups excluding carboxylic acids is 1. The fourth-order valence-electron chi connectivity index (χ4n) is 5.82. The molecular formula is C30H39FN2O6S. The summed E-state index contributed by atoms with van der Waals surface area (Å²) in [6.07, 6.45) is 3.62. The van der Waals surface area contributed by atoms with Gasteiger partial charge in [0.05, 0.1) is 23.8 Å². The van der Waals surface area contributed by atoms with Crippen molar-refractivity contribution in [3.63, 3.8) is 0 Å². The first-order valence-corrected chi connectivity index (χ1v) is 15.9. The lowest BCUT2D eigenvalue weighted by atomic mass is 9.87. The van der Waals surface area contributed by atoms with E-state index in [9.17, 15) is 17.6 Å². The zero-order chi connectivity index (χ0) is 28.2. The molecule has 3 aliphatic rings. The molecule has 0 radical (unpaired) electrons. The third-order valence-electron chi connectivity index (χ3n) is 8.30. The molecule has 2 fully saturated rings. The van der Waals surface area contributed by atoms with Crippen LogP contribution >= 0.6 is 0 Å². The van der Waals surface area contributed by atoms with Gasteiger partial charge in [-0.2, -0.15) is 0 Å². The number of hydrogen-bond donors (Lipinski definition) is 1. The van der Waals surface area contributed by atoms with Gasteiger partial charge in [-0.25, -0.2) is 12.8 Å². The quantitative estimate of drug-likeness (QED) is 0.361. The first-order chi connectivity index (χ1) is 19.3. The van der Waals surface area contributed by atoms with Crippen molar-refractivity contribution < 1.29 is 31.8 Å². The second-order valence-electron chi connectivity index (χ2n) is 11.1. The van der Waals surface area contributed by atoms with E-state index in [1.807, 2.05) is 12.1 Å². The molecule has 2 aromatic rings. The second-order valence-corrected chi connectivity index (χ2v) is 13.2.